The maximum atomic E-state index is 10.8. The molecule has 0 saturated carbocycles. The molecule has 1 aromatic rings. The molecule has 0 spiro atoms. The average molecular weight is 199 g/mol. The highest BCUT2D eigenvalue weighted by Gasteiger charge is 2.18. The third-order valence-corrected chi connectivity index (χ3v) is 1.91. The highest BCUT2D eigenvalue weighted by molar-refractivity contribution is 6.33. The lowest BCUT2D eigenvalue weighted by Gasteiger charge is -2.15. The standard InChI is InChI=1S/C7H7ClN4O/c8-5-3-1-2-4-6(5)12-10-7(13)9-11-12/h1-4,11H,(H2,9,10,13). The van der Waals surface area contributed by atoms with Crippen LogP contribution in [-0.2, 0) is 0 Å². The fraction of sp³-hybridized carbons (Fsp3) is 0. The maximum Gasteiger partial charge on any atom is 0.350 e. The molecule has 1 fully saturated rings. The molecule has 2 rings (SSSR count). The van der Waals surface area contributed by atoms with Gasteiger partial charge in [0.25, 0.3) is 0 Å². The molecule has 5 nitrogen and oxygen atoms in total. The van der Waals surface area contributed by atoms with Crippen LogP contribution in [0.5, 0.6) is 0 Å². The SMILES string of the molecule is O=C1NNN(c2ccccc2Cl)N1. The Hall–Kier alpha value is -1.46. The van der Waals surface area contributed by atoms with Crippen LogP contribution in [0.25, 0.3) is 0 Å². The van der Waals surface area contributed by atoms with Gasteiger partial charge in [0.05, 0.1) is 10.7 Å². The first-order valence-electron chi connectivity index (χ1n) is 3.64. The van der Waals surface area contributed by atoms with E-state index in [1.54, 1.807) is 12.1 Å². The van der Waals surface area contributed by atoms with Crippen LogP contribution in [0, 0.1) is 0 Å². The first-order valence-corrected chi connectivity index (χ1v) is 4.02. The average Bonchev–Trinajstić information content (AvgIpc) is 2.53. The zero-order valence-corrected chi connectivity index (χ0v) is 7.30. The van der Waals surface area contributed by atoms with Crippen LogP contribution < -0.4 is 21.5 Å². The Balaban J connectivity index is 2.26. The van der Waals surface area contributed by atoms with E-state index in [-0.39, 0.29) is 6.03 Å². The number of hydrazine groups is 3. The monoisotopic (exact) mass is 198 g/mol. The molecule has 1 aliphatic heterocycles. The number of nitrogens with zero attached hydrogens (tertiary/aromatic N) is 1. The van der Waals surface area contributed by atoms with Crippen LogP contribution in [0.4, 0.5) is 10.5 Å². The second kappa shape index (κ2) is 3.12. The number of halogens is 1. The summed E-state index contributed by atoms with van der Waals surface area (Å²) in [6, 6.07) is 6.84. The summed E-state index contributed by atoms with van der Waals surface area (Å²) in [7, 11) is 0. The van der Waals surface area contributed by atoms with E-state index in [2.05, 4.69) is 16.4 Å². The van der Waals surface area contributed by atoms with Gasteiger partial charge in [-0.3, -0.25) is 5.43 Å². The molecule has 68 valence electrons. The van der Waals surface area contributed by atoms with Gasteiger partial charge in [0.2, 0.25) is 0 Å². The fourth-order valence-electron chi connectivity index (χ4n) is 1.02. The van der Waals surface area contributed by atoms with Gasteiger partial charge < -0.3 is 0 Å². The van der Waals surface area contributed by atoms with Crippen molar-refractivity contribution in [3.8, 4) is 0 Å². The molecular formula is C7H7ClN4O. The van der Waals surface area contributed by atoms with E-state index in [0.717, 1.165) is 0 Å². The van der Waals surface area contributed by atoms with E-state index < -0.39 is 0 Å². The Kier molecular flexibility index (Phi) is 1.96. The van der Waals surface area contributed by atoms with Crippen LogP contribution in [0.2, 0.25) is 5.02 Å². The van der Waals surface area contributed by atoms with Crippen LogP contribution in [0.3, 0.4) is 0 Å². The molecule has 6 heteroatoms. The zero-order chi connectivity index (χ0) is 9.26. The van der Waals surface area contributed by atoms with Crippen molar-refractivity contribution in [1.82, 2.24) is 16.4 Å². The molecule has 0 atom stereocenters. The minimum atomic E-state index is -0.320. The summed E-state index contributed by atoms with van der Waals surface area (Å²) in [5.41, 5.74) is 8.15. The number of benzene rings is 1. The highest BCUT2D eigenvalue weighted by Crippen LogP contribution is 2.22. The molecule has 0 aromatic heterocycles. The van der Waals surface area contributed by atoms with Crippen LogP contribution >= 0.6 is 11.6 Å². The van der Waals surface area contributed by atoms with Gasteiger partial charge in [-0.05, 0) is 12.1 Å². The topological polar surface area (TPSA) is 56.4 Å². The maximum absolute atomic E-state index is 10.8. The largest absolute Gasteiger partial charge is 0.350 e. The number of rotatable bonds is 1. The van der Waals surface area contributed by atoms with E-state index >= 15 is 0 Å². The highest BCUT2D eigenvalue weighted by atomic mass is 35.5. The smallest absolute Gasteiger partial charge is 0.252 e. The summed E-state index contributed by atoms with van der Waals surface area (Å²) in [6.45, 7) is 0. The van der Waals surface area contributed by atoms with Crippen molar-refractivity contribution < 1.29 is 4.79 Å². The number of amides is 2. The molecule has 1 aliphatic rings. The number of hydrogen-bond donors (Lipinski definition) is 3. The number of hydrogen-bond acceptors (Lipinski definition) is 3. The van der Waals surface area contributed by atoms with Crippen molar-refractivity contribution in [2.45, 2.75) is 0 Å². The Morgan fingerprint density at radius 3 is 2.69 bits per heavy atom. The normalized spacial score (nSPS) is 15.5. The fourth-order valence-corrected chi connectivity index (χ4v) is 1.24. The van der Waals surface area contributed by atoms with Gasteiger partial charge in [-0.1, -0.05) is 23.7 Å². The Labute approximate surface area is 79.6 Å². The Morgan fingerprint density at radius 2 is 2.08 bits per heavy atom. The lowest BCUT2D eigenvalue weighted by molar-refractivity contribution is 0.247. The molecule has 3 N–H and O–H groups in total. The molecule has 0 radical (unpaired) electrons. The quantitative estimate of drug-likeness (QED) is 0.626. The van der Waals surface area contributed by atoms with Crippen molar-refractivity contribution >= 4 is 23.3 Å². The summed E-state index contributed by atoms with van der Waals surface area (Å²) >= 11 is 5.89. The predicted molar refractivity (Wildman–Crippen MR) is 48.7 cm³/mol. The molecule has 0 unspecified atom stereocenters. The molecule has 2 amide bonds. The number of carbonyl (C=O) groups excluding carboxylic acids is 1. The Morgan fingerprint density at radius 1 is 1.31 bits per heavy atom. The van der Waals surface area contributed by atoms with Gasteiger partial charge in [0.15, 0.2) is 0 Å². The second-order valence-corrected chi connectivity index (χ2v) is 2.87. The molecule has 1 saturated heterocycles. The van der Waals surface area contributed by atoms with Crippen LogP contribution in [-0.4, -0.2) is 6.03 Å². The van der Waals surface area contributed by atoms with E-state index in [1.807, 2.05) is 12.1 Å². The van der Waals surface area contributed by atoms with Crippen LogP contribution in [0.15, 0.2) is 24.3 Å². The van der Waals surface area contributed by atoms with Crippen molar-refractivity contribution in [2.75, 3.05) is 5.12 Å². The number of para-hydroxylation sites is 1. The van der Waals surface area contributed by atoms with Gasteiger partial charge in [-0.25, -0.2) is 10.2 Å². The van der Waals surface area contributed by atoms with E-state index in [4.69, 9.17) is 11.6 Å². The van der Waals surface area contributed by atoms with E-state index in [1.165, 1.54) is 5.12 Å². The van der Waals surface area contributed by atoms with Gasteiger partial charge in [0, 0.05) is 0 Å². The molecule has 13 heavy (non-hydrogen) atoms. The number of anilines is 1. The van der Waals surface area contributed by atoms with Gasteiger partial charge in [0.1, 0.15) is 0 Å². The van der Waals surface area contributed by atoms with Crippen LogP contribution in [0.1, 0.15) is 0 Å². The predicted octanol–water partition coefficient (Wildman–Crippen LogP) is 0.794. The summed E-state index contributed by atoms with van der Waals surface area (Å²) in [5.74, 6) is 0. The van der Waals surface area contributed by atoms with Crippen molar-refractivity contribution in [1.29, 1.82) is 0 Å². The molecule has 1 aromatic carbocycles. The minimum Gasteiger partial charge on any atom is -0.252 e. The van der Waals surface area contributed by atoms with Crippen molar-refractivity contribution in [3.63, 3.8) is 0 Å². The summed E-state index contributed by atoms with van der Waals surface area (Å²) < 4.78 is 0. The minimum absolute atomic E-state index is 0.320. The summed E-state index contributed by atoms with van der Waals surface area (Å²) in [6.07, 6.45) is 0. The Bertz CT molecular complexity index is 343. The lowest BCUT2D eigenvalue weighted by atomic mass is 10.3. The molecule has 0 aliphatic carbocycles. The first kappa shape index (κ1) is 8.15. The second-order valence-electron chi connectivity index (χ2n) is 2.46. The summed E-state index contributed by atoms with van der Waals surface area (Å²) in [5, 5.41) is 1.96. The molecular weight excluding hydrogens is 192 g/mol. The number of nitrogens with one attached hydrogen (secondary N) is 3. The number of urea groups is 1. The lowest BCUT2D eigenvalue weighted by Crippen LogP contribution is -2.40. The third-order valence-electron chi connectivity index (χ3n) is 1.59. The van der Waals surface area contributed by atoms with Gasteiger partial charge in [-0.2, -0.15) is 5.12 Å². The molecule has 1 heterocycles. The zero-order valence-electron chi connectivity index (χ0n) is 6.54. The van der Waals surface area contributed by atoms with Crippen molar-refractivity contribution in [2.24, 2.45) is 0 Å². The first-order chi connectivity index (χ1) is 6.27. The van der Waals surface area contributed by atoms with E-state index in [9.17, 15) is 4.79 Å². The van der Waals surface area contributed by atoms with Crippen molar-refractivity contribution in [3.05, 3.63) is 29.3 Å². The number of carbonyl (C=O) groups is 1. The molecule has 0 bridgehead atoms. The van der Waals surface area contributed by atoms with E-state index in [0.29, 0.717) is 10.7 Å². The summed E-state index contributed by atoms with van der Waals surface area (Å²) in [4.78, 5) is 10.8. The third kappa shape index (κ3) is 1.51. The van der Waals surface area contributed by atoms with Gasteiger partial charge in [-0.15, -0.1) is 5.53 Å². The van der Waals surface area contributed by atoms with Gasteiger partial charge >= 0.3 is 6.03 Å².